The number of rotatable bonds is 7. The Bertz CT molecular complexity index is 357. The number of hydrogen-bond acceptors (Lipinski definition) is 5. The Morgan fingerprint density at radius 2 is 2.41 bits per heavy atom. The quantitative estimate of drug-likeness (QED) is 0.457. The van der Waals surface area contributed by atoms with Crippen LogP contribution in [-0.4, -0.2) is 28.3 Å². The van der Waals surface area contributed by atoms with Crippen LogP contribution in [-0.2, 0) is 0 Å². The average molecular weight is 250 g/mol. The van der Waals surface area contributed by atoms with Gasteiger partial charge in [0.15, 0.2) is 0 Å². The molecule has 4 nitrogen and oxygen atoms in total. The van der Waals surface area contributed by atoms with Crippen LogP contribution in [0.1, 0.15) is 26.2 Å². The molecule has 0 bridgehead atoms. The van der Waals surface area contributed by atoms with Gasteiger partial charge in [-0.2, -0.15) is 5.26 Å². The second kappa shape index (κ2) is 7.25. The average Bonchev–Trinajstić information content (AvgIpc) is 2.41. The third kappa shape index (κ3) is 4.33. The molecule has 1 heterocycles. The molecule has 0 saturated carbocycles. The summed E-state index contributed by atoms with van der Waals surface area (Å²) in [5.74, 6) is 0.974. The van der Waals surface area contributed by atoms with E-state index < -0.39 is 0 Å². The maximum atomic E-state index is 9.15. The van der Waals surface area contributed by atoms with Gasteiger partial charge in [-0.1, -0.05) is 6.92 Å². The highest BCUT2D eigenvalue weighted by atomic mass is 32.2. The van der Waals surface area contributed by atoms with E-state index in [-0.39, 0.29) is 5.54 Å². The second-order valence-electron chi connectivity index (χ2n) is 3.80. The van der Waals surface area contributed by atoms with Crippen LogP contribution in [0.4, 0.5) is 0 Å². The predicted octanol–water partition coefficient (Wildman–Crippen LogP) is 2.24. The van der Waals surface area contributed by atoms with E-state index in [1.54, 1.807) is 24.3 Å². The zero-order chi connectivity index (χ0) is 12.6. The highest BCUT2D eigenvalue weighted by Crippen LogP contribution is 2.20. The van der Waals surface area contributed by atoms with E-state index in [2.05, 4.69) is 21.4 Å². The minimum atomic E-state index is -0.369. The Morgan fingerprint density at radius 1 is 1.59 bits per heavy atom. The van der Waals surface area contributed by atoms with Gasteiger partial charge in [0.1, 0.15) is 11.9 Å². The van der Waals surface area contributed by atoms with Gasteiger partial charge in [-0.25, -0.2) is 9.97 Å². The van der Waals surface area contributed by atoms with Crippen molar-refractivity contribution in [3.63, 3.8) is 0 Å². The molecule has 0 aliphatic heterocycles. The van der Waals surface area contributed by atoms with Gasteiger partial charge in [0.2, 0.25) is 0 Å². The van der Waals surface area contributed by atoms with Crippen LogP contribution in [0.15, 0.2) is 23.6 Å². The summed E-state index contributed by atoms with van der Waals surface area (Å²) in [5.41, 5.74) is -0.369. The van der Waals surface area contributed by atoms with Crippen molar-refractivity contribution in [2.75, 3.05) is 12.8 Å². The van der Waals surface area contributed by atoms with Crippen LogP contribution < -0.4 is 5.32 Å². The first-order valence-electron chi connectivity index (χ1n) is 5.75. The summed E-state index contributed by atoms with van der Waals surface area (Å²) < 4.78 is 0. The summed E-state index contributed by atoms with van der Waals surface area (Å²) >= 11 is 1.70. The third-order valence-corrected chi connectivity index (χ3v) is 3.88. The lowest BCUT2D eigenvalue weighted by molar-refractivity contribution is 0.400. The lowest BCUT2D eigenvalue weighted by atomic mass is 9.93. The smallest absolute Gasteiger partial charge is 0.116 e. The SMILES string of the molecule is CCC(C#N)(CCCSc1ccncn1)NC. The summed E-state index contributed by atoms with van der Waals surface area (Å²) in [6, 6.07) is 4.27. The molecule has 1 aromatic heterocycles. The van der Waals surface area contributed by atoms with Gasteiger partial charge in [0.25, 0.3) is 0 Å². The van der Waals surface area contributed by atoms with Crippen molar-refractivity contribution in [1.29, 1.82) is 5.26 Å². The van der Waals surface area contributed by atoms with Crippen LogP contribution in [0, 0.1) is 11.3 Å². The Labute approximate surface area is 107 Å². The summed E-state index contributed by atoms with van der Waals surface area (Å²) in [6.45, 7) is 2.04. The monoisotopic (exact) mass is 250 g/mol. The topological polar surface area (TPSA) is 61.6 Å². The number of nitrogens with zero attached hydrogens (tertiary/aromatic N) is 3. The zero-order valence-electron chi connectivity index (χ0n) is 10.3. The molecule has 1 unspecified atom stereocenters. The molecule has 0 aromatic carbocycles. The summed E-state index contributed by atoms with van der Waals surface area (Å²) in [5, 5.41) is 13.3. The Kier molecular flexibility index (Phi) is 5.95. The molecule has 0 radical (unpaired) electrons. The number of nitriles is 1. The molecule has 5 heteroatoms. The van der Waals surface area contributed by atoms with Crippen LogP contribution in [0.2, 0.25) is 0 Å². The van der Waals surface area contributed by atoms with Crippen LogP contribution in [0.5, 0.6) is 0 Å². The van der Waals surface area contributed by atoms with Crippen LogP contribution in [0.25, 0.3) is 0 Å². The van der Waals surface area contributed by atoms with Gasteiger partial charge in [-0.05, 0) is 38.1 Å². The van der Waals surface area contributed by atoms with Crippen molar-refractivity contribution < 1.29 is 0 Å². The predicted molar refractivity (Wildman–Crippen MR) is 69.7 cm³/mol. The first-order valence-corrected chi connectivity index (χ1v) is 6.74. The molecule has 1 rings (SSSR count). The van der Waals surface area contributed by atoms with Gasteiger partial charge >= 0.3 is 0 Å². The molecule has 1 N–H and O–H groups in total. The van der Waals surface area contributed by atoms with Crippen molar-refractivity contribution in [1.82, 2.24) is 15.3 Å². The molecule has 0 aliphatic carbocycles. The fraction of sp³-hybridized carbons (Fsp3) is 0.583. The number of hydrogen-bond donors (Lipinski definition) is 1. The molecule has 1 aromatic rings. The summed E-state index contributed by atoms with van der Waals surface area (Å²) in [7, 11) is 1.85. The first-order chi connectivity index (χ1) is 8.26. The molecule has 0 aliphatic rings. The first kappa shape index (κ1) is 13.9. The number of nitrogens with one attached hydrogen (secondary N) is 1. The fourth-order valence-electron chi connectivity index (χ4n) is 1.58. The van der Waals surface area contributed by atoms with Crippen molar-refractivity contribution in [3.05, 3.63) is 18.6 Å². The molecular formula is C12H18N4S. The highest BCUT2D eigenvalue weighted by molar-refractivity contribution is 7.99. The fourth-order valence-corrected chi connectivity index (χ4v) is 2.36. The van der Waals surface area contributed by atoms with Crippen molar-refractivity contribution in [3.8, 4) is 6.07 Å². The van der Waals surface area contributed by atoms with E-state index in [0.29, 0.717) is 0 Å². The van der Waals surface area contributed by atoms with Gasteiger partial charge in [-0.3, -0.25) is 0 Å². The lowest BCUT2D eigenvalue weighted by Crippen LogP contribution is -2.40. The molecule has 17 heavy (non-hydrogen) atoms. The molecule has 1 atom stereocenters. The normalized spacial score (nSPS) is 13.9. The van der Waals surface area contributed by atoms with Crippen molar-refractivity contribution in [2.45, 2.75) is 36.8 Å². The van der Waals surface area contributed by atoms with E-state index in [4.69, 9.17) is 5.26 Å². The standard InChI is InChI=1S/C12H18N4S/c1-3-12(9-13,14-2)6-4-8-17-11-5-7-15-10-16-11/h5,7,10,14H,3-4,6,8H2,1-2H3. The van der Waals surface area contributed by atoms with Crippen molar-refractivity contribution >= 4 is 11.8 Å². The number of thioether (sulfide) groups is 1. The van der Waals surface area contributed by atoms with Gasteiger partial charge < -0.3 is 5.32 Å². The Balaban J connectivity index is 2.31. The maximum absolute atomic E-state index is 9.15. The van der Waals surface area contributed by atoms with Crippen LogP contribution >= 0.6 is 11.8 Å². The molecule has 0 saturated heterocycles. The van der Waals surface area contributed by atoms with Gasteiger partial charge in [0, 0.05) is 6.20 Å². The van der Waals surface area contributed by atoms with E-state index >= 15 is 0 Å². The van der Waals surface area contributed by atoms with E-state index in [0.717, 1.165) is 30.0 Å². The van der Waals surface area contributed by atoms with Gasteiger partial charge in [-0.15, -0.1) is 11.8 Å². The largest absolute Gasteiger partial charge is 0.302 e. The van der Waals surface area contributed by atoms with Gasteiger partial charge in [0.05, 0.1) is 11.1 Å². The molecule has 92 valence electrons. The van der Waals surface area contributed by atoms with Crippen molar-refractivity contribution in [2.24, 2.45) is 0 Å². The minimum Gasteiger partial charge on any atom is -0.302 e. The van der Waals surface area contributed by atoms with E-state index in [1.807, 2.05) is 20.0 Å². The Hall–Kier alpha value is -1.12. The Morgan fingerprint density at radius 3 is 2.94 bits per heavy atom. The summed E-state index contributed by atoms with van der Waals surface area (Å²) in [6.07, 6.45) is 6.00. The highest BCUT2D eigenvalue weighted by Gasteiger charge is 2.24. The van der Waals surface area contributed by atoms with E-state index in [9.17, 15) is 0 Å². The van der Waals surface area contributed by atoms with E-state index in [1.165, 1.54) is 0 Å². The molecule has 0 spiro atoms. The van der Waals surface area contributed by atoms with Crippen LogP contribution in [0.3, 0.4) is 0 Å². The third-order valence-electron chi connectivity index (χ3n) is 2.85. The zero-order valence-corrected chi connectivity index (χ0v) is 11.1. The summed E-state index contributed by atoms with van der Waals surface area (Å²) in [4.78, 5) is 8.02. The minimum absolute atomic E-state index is 0.369. The maximum Gasteiger partial charge on any atom is 0.116 e. The number of aromatic nitrogens is 2. The second-order valence-corrected chi connectivity index (χ2v) is 4.91. The lowest BCUT2D eigenvalue weighted by Gasteiger charge is -2.24. The molecule has 0 amide bonds. The molecule has 0 fully saturated rings. The molecular weight excluding hydrogens is 232 g/mol.